The Hall–Kier alpha value is -4.40. The van der Waals surface area contributed by atoms with E-state index in [1.54, 1.807) is 43.3 Å². The number of carbonyl (C=O) groups excluding carboxylic acids is 2. The lowest BCUT2D eigenvalue weighted by molar-refractivity contribution is -0.167. The van der Waals surface area contributed by atoms with Crippen molar-refractivity contribution in [1.29, 1.82) is 0 Å². The number of carbonyl (C=O) groups is 2. The normalized spacial score (nSPS) is 20.0. The number of piperidine rings is 3. The molecule has 4 fully saturated rings. The smallest absolute Gasteiger partial charge is 0.316 e. The fourth-order valence-electron chi connectivity index (χ4n) is 9.62. The molecule has 1 saturated carbocycles. The first-order valence-corrected chi connectivity index (χ1v) is 26.8. The summed E-state index contributed by atoms with van der Waals surface area (Å²) in [6.07, 6.45) is 8.18. The number of aromatic hydroxyl groups is 1. The zero-order valence-electron chi connectivity index (χ0n) is 39.4. The molecule has 65 heavy (non-hydrogen) atoms. The van der Waals surface area contributed by atoms with Crippen LogP contribution in [0.3, 0.4) is 0 Å². The molecule has 8 rings (SSSR count). The van der Waals surface area contributed by atoms with Crippen molar-refractivity contribution < 1.29 is 33.3 Å². The van der Waals surface area contributed by atoms with Crippen LogP contribution in [-0.2, 0) is 37.1 Å². The van der Waals surface area contributed by atoms with E-state index in [9.17, 15) is 19.5 Å². The second-order valence-electron chi connectivity index (χ2n) is 20.0. The summed E-state index contributed by atoms with van der Waals surface area (Å²) in [5.41, 5.74) is 3.34. The molecule has 4 aliphatic rings. The summed E-state index contributed by atoms with van der Waals surface area (Å²) in [4.78, 5) is 46.4. The number of nitrogens with one attached hydrogen (secondary N) is 2. The number of hydrogen-bond donors (Lipinski definition) is 3. The highest BCUT2D eigenvalue weighted by Gasteiger charge is 2.46. The molecule has 4 aromatic rings. The second kappa shape index (κ2) is 20.6. The number of H-pyrrole nitrogens is 1. The number of rotatable bonds is 18. The van der Waals surface area contributed by atoms with E-state index in [4.69, 9.17) is 30.2 Å². The number of aryl methyl sites for hydroxylation is 1. The lowest BCUT2D eigenvalue weighted by Crippen LogP contribution is -2.53. The molecule has 0 spiro atoms. The molecule has 3 aromatic carbocycles. The number of phenolic OH excluding ortho intramolecular Hbond substituents is 1. The number of pyridine rings is 1. The van der Waals surface area contributed by atoms with Crippen LogP contribution < -0.4 is 20.3 Å². The first-order valence-electron chi connectivity index (χ1n) is 23.5. The number of fused-ring (bicyclic) bond motifs is 4. The maximum atomic E-state index is 14.1. The highest BCUT2D eigenvalue weighted by molar-refractivity contribution is 6.74. The minimum atomic E-state index is -2.28. The van der Waals surface area contributed by atoms with Crippen LogP contribution in [0.5, 0.6) is 17.2 Å². The second-order valence-corrected chi connectivity index (χ2v) is 25.2. The first kappa shape index (κ1) is 48.5. The predicted octanol–water partition coefficient (Wildman–Crippen LogP) is 9.06. The number of phenols is 1. The Morgan fingerprint density at radius 3 is 2.48 bits per heavy atom. The van der Waals surface area contributed by atoms with Gasteiger partial charge in [0.05, 0.1) is 29.2 Å². The standard InChI is InChI=1S/C51H69ClN4O8Si/c1-50(2,3)65(6,7)64-44(38-16-18-41(57)48-39(38)17-19-46(58)54-48)31-53-30-36-28-40(52)43(29-42(36)61-5)62-33-47(59)55(4)24-12-14-34-13-11-15-37(27-34)51(22-9-8-10-23-51)49(60)63-45-32-56-25-20-35(45)21-26-56/h11,13,15-19,27-29,35,44-45,53,57H,8-10,12,14,20-26,30-33H2,1-7H3,(H,54,58)/t44-,45+/m1/s1. The molecule has 352 valence electrons. The number of hydrogen-bond acceptors (Lipinski definition) is 10. The lowest BCUT2D eigenvalue weighted by Gasteiger charge is -2.45. The minimum Gasteiger partial charge on any atom is -0.506 e. The summed E-state index contributed by atoms with van der Waals surface area (Å²) in [6.45, 7) is 15.2. The van der Waals surface area contributed by atoms with E-state index >= 15 is 0 Å². The van der Waals surface area contributed by atoms with Crippen LogP contribution in [0.25, 0.3) is 10.9 Å². The van der Waals surface area contributed by atoms with Crippen molar-refractivity contribution in [3.63, 3.8) is 0 Å². The molecule has 0 unspecified atom stereocenters. The van der Waals surface area contributed by atoms with E-state index in [1.165, 1.54) is 6.07 Å². The zero-order chi connectivity index (χ0) is 46.5. The summed E-state index contributed by atoms with van der Waals surface area (Å²) >= 11 is 6.77. The molecule has 3 aliphatic heterocycles. The van der Waals surface area contributed by atoms with Crippen LogP contribution in [0.2, 0.25) is 23.2 Å². The fourth-order valence-corrected chi connectivity index (χ4v) is 11.1. The lowest BCUT2D eigenvalue weighted by atomic mass is 9.69. The van der Waals surface area contributed by atoms with Gasteiger partial charge in [-0.15, -0.1) is 0 Å². The van der Waals surface area contributed by atoms with Crippen LogP contribution in [0.4, 0.5) is 0 Å². The van der Waals surface area contributed by atoms with Gasteiger partial charge in [-0.1, -0.05) is 82.0 Å². The van der Waals surface area contributed by atoms with Crippen LogP contribution in [0.15, 0.2) is 65.5 Å². The number of benzene rings is 3. The number of ether oxygens (including phenoxy) is 3. The third-order valence-electron chi connectivity index (χ3n) is 14.6. The largest absolute Gasteiger partial charge is 0.506 e. The van der Waals surface area contributed by atoms with Gasteiger partial charge in [0.1, 0.15) is 23.4 Å². The summed E-state index contributed by atoms with van der Waals surface area (Å²) in [5, 5.41) is 15.1. The van der Waals surface area contributed by atoms with E-state index in [0.29, 0.717) is 53.0 Å². The quantitative estimate of drug-likeness (QED) is 0.0654. The molecular formula is C51H69ClN4O8Si. The molecule has 1 amide bonds. The first-order chi connectivity index (χ1) is 31.0. The summed E-state index contributed by atoms with van der Waals surface area (Å²) in [5.74, 6) is 1.16. The van der Waals surface area contributed by atoms with Crippen LogP contribution in [-0.4, -0.2) is 99.7 Å². The molecule has 1 aliphatic carbocycles. The Bertz CT molecular complexity index is 2370. The number of halogens is 1. The van der Waals surface area contributed by atoms with Gasteiger partial charge in [0, 0.05) is 56.3 Å². The average Bonchev–Trinajstić information content (AvgIpc) is 3.29. The van der Waals surface area contributed by atoms with Crippen molar-refractivity contribution in [2.24, 2.45) is 5.92 Å². The summed E-state index contributed by atoms with van der Waals surface area (Å²) < 4.78 is 25.1. The maximum Gasteiger partial charge on any atom is 0.316 e. The Kier molecular flexibility index (Phi) is 15.4. The molecule has 2 atom stereocenters. The van der Waals surface area contributed by atoms with Crippen molar-refractivity contribution in [2.45, 2.75) is 121 Å². The van der Waals surface area contributed by atoms with Gasteiger partial charge in [0.15, 0.2) is 14.9 Å². The monoisotopic (exact) mass is 928 g/mol. The Labute approximate surface area is 390 Å². The number of nitrogens with zero attached hydrogens (tertiary/aromatic N) is 2. The van der Waals surface area contributed by atoms with Gasteiger partial charge in [0.25, 0.3) is 5.91 Å². The number of aromatic amines is 1. The van der Waals surface area contributed by atoms with Gasteiger partial charge < -0.3 is 38.9 Å². The van der Waals surface area contributed by atoms with Crippen LogP contribution in [0, 0.1) is 5.92 Å². The van der Waals surface area contributed by atoms with Crippen molar-refractivity contribution in [2.75, 3.05) is 53.5 Å². The van der Waals surface area contributed by atoms with E-state index in [0.717, 1.165) is 99.7 Å². The van der Waals surface area contributed by atoms with Gasteiger partial charge in [-0.3, -0.25) is 19.3 Å². The number of esters is 1. The highest BCUT2D eigenvalue weighted by Crippen LogP contribution is 2.44. The van der Waals surface area contributed by atoms with E-state index in [2.05, 4.69) is 73.3 Å². The molecule has 3 N–H and O–H groups in total. The van der Waals surface area contributed by atoms with Gasteiger partial charge in [-0.05, 0) is 111 Å². The van der Waals surface area contributed by atoms with Gasteiger partial charge in [-0.2, -0.15) is 0 Å². The molecule has 2 bridgehead atoms. The third-order valence-corrected chi connectivity index (χ3v) is 19.4. The van der Waals surface area contributed by atoms with E-state index in [-0.39, 0.29) is 40.9 Å². The third kappa shape index (κ3) is 11.2. The SMILES string of the molecule is COc1cc(OCC(=O)N(C)CCCc2cccc(C3(C(=O)O[C@H]4CN5CCC4CC5)CCCCC3)c2)c(Cl)cc1CNC[C@@H](O[Si](C)(C)C(C)(C)C)c1ccc(O)c2[nH]c(=O)ccc12. The summed E-state index contributed by atoms with van der Waals surface area (Å²) in [6, 6.07) is 18.6. The predicted molar refractivity (Wildman–Crippen MR) is 259 cm³/mol. The van der Waals surface area contributed by atoms with Gasteiger partial charge in [0.2, 0.25) is 5.56 Å². The van der Waals surface area contributed by atoms with Crippen molar-refractivity contribution in [1.82, 2.24) is 20.1 Å². The molecular weight excluding hydrogens is 860 g/mol. The Morgan fingerprint density at radius 1 is 1.03 bits per heavy atom. The number of aromatic nitrogens is 1. The Morgan fingerprint density at radius 2 is 1.78 bits per heavy atom. The molecule has 14 heteroatoms. The fraction of sp³-hybridized carbons (Fsp3) is 0.549. The van der Waals surface area contributed by atoms with Crippen molar-refractivity contribution in [3.05, 3.63) is 98.3 Å². The maximum absolute atomic E-state index is 14.1. The molecule has 0 radical (unpaired) electrons. The molecule has 12 nitrogen and oxygen atoms in total. The van der Waals surface area contributed by atoms with Crippen LogP contribution in [0.1, 0.15) is 100 Å². The van der Waals surface area contributed by atoms with E-state index in [1.807, 2.05) is 6.07 Å². The summed E-state index contributed by atoms with van der Waals surface area (Å²) in [7, 11) is 1.08. The van der Waals surface area contributed by atoms with Crippen molar-refractivity contribution in [3.8, 4) is 17.2 Å². The molecule has 4 heterocycles. The molecule has 1 aromatic heterocycles. The van der Waals surface area contributed by atoms with Gasteiger partial charge >= 0.3 is 5.97 Å². The van der Waals surface area contributed by atoms with Crippen LogP contribution >= 0.6 is 11.6 Å². The number of methoxy groups -OCH3 is 1. The highest BCUT2D eigenvalue weighted by atomic mass is 35.5. The van der Waals surface area contributed by atoms with Crippen molar-refractivity contribution >= 4 is 42.7 Å². The Balaban J connectivity index is 0.935. The molecule has 3 saturated heterocycles. The zero-order valence-corrected chi connectivity index (χ0v) is 41.2. The number of amides is 1. The number of likely N-dealkylation sites (N-methyl/N-ethyl adjacent to an activating group) is 1. The topological polar surface area (TPSA) is 143 Å². The van der Waals surface area contributed by atoms with Gasteiger partial charge in [-0.25, -0.2) is 0 Å². The average molecular weight is 930 g/mol. The minimum absolute atomic E-state index is 0.00153. The van der Waals surface area contributed by atoms with E-state index < -0.39 is 19.8 Å².